The highest BCUT2D eigenvalue weighted by atomic mass is 16.7. The molecule has 0 aromatic rings. The van der Waals surface area contributed by atoms with Crippen LogP contribution in [0.2, 0.25) is 0 Å². The first-order valence-electron chi connectivity index (χ1n) is 9.41. The lowest BCUT2D eigenvalue weighted by molar-refractivity contribution is -0.310. The topological polar surface area (TPSA) is 130 Å². The molecule has 0 aromatic heterocycles. The van der Waals surface area contributed by atoms with Gasteiger partial charge in [0.2, 0.25) is 0 Å². The van der Waals surface area contributed by atoms with Gasteiger partial charge in [-0.2, -0.15) is 0 Å². The van der Waals surface area contributed by atoms with Gasteiger partial charge in [0.05, 0.1) is 6.61 Å². The molecule has 0 unspecified atom stereocenters. The van der Waals surface area contributed by atoms with E-state index in [1.165, 1.54) is 7.11 Å². The van der Waals surface area contributed by atoms with Crippen LogP contribution in [-0.4, -0.2) is 91.0 Å². The Kier molecular flexibility index (Phi) is 9.45. The van der Waals surface area contributed by atoms with Gasteiger partial charge in [-0.1, -0.05) is 0 Å². The highest BCUT2D eigenvalue weighted by Gasteiger charge is 2.47. The standard InChI is InChI=1S/C19H34O10/c1-18(2,3)28-12(21)9-25-15-14(23)11(8-20)27-17(24-7)16(15)26-10-13(22)29-19(4,5)6/h11,14-17,20,23H,8-10H2,1-7H3/t11-,14-,15+,16-,17+/m1/s1. The molecule has 1 heterocycles. The lowest BCUT2D eigenvalue weighted by Crippen LogP contribution is -2.61. The van der Waals surface area contributed by atoms with Gasteiger partial charge in [0.1, 0.15) is 48.8 Å². The van der Waals surface area contributed by atoms with Gasteiger partial charge in [0.15, 0.2) is 6.29 Å². The molecular formula is C19H34O10. The Hall–Kier alpha value is -1.30. The minimum absolute atomic E-state index is 0.450. The van der Waals surface area contributed by atoms with Crippen molar-refractivity contribution in [2.45, 2.75) is 83.5 Å². The molecule has 170 valence electrons. The van der Waals surface area contributed by atoms with Crippen LogP contribution in [0, 0.1) is 0 Å². The van der Waals surface area contributed by atoms with Crippen LogP contribution in [0.15, 0.2) is 0 Å². The van der Waals surface area contributed by atoms with Crippen molar-refractivity contribution >= 4 is 11.9 Å². The monoisotopic (exact) mass is 422 g/mol. The summed E-state index contributed by atoms with van der Waals surface area (Å²) in [6, 6.07) is 0. The Labute approximate surface area is 171 Å². The second-order valence-corrected chi connectivity index (χ2v) is 8.68. The van der Waals surface area contributed by atoms with Crippen LogP contribution in [0.25, 0.3) is 0 Å². The van der Waals surface area contributed by atoms with Gasteiger partial charge in [-0.15, -0.1) is 0 Å². The van der Waals surface area contributed by atoms with Crippen molar-refractivity contribution in [3.8, 4) is 0 Å². The molecule has 0 spiro atoms. The predicted octanol–water partition coefficient (Wildman–Crippen LogP) is 0.165. The largest absolute Gasteiger partial charge is 0.458 e. The van der Waals surface area contributed by atoms with E-state index in [4.69, 9.17) is 28.4 Å². The summed E-state index contributed by atoms with van der Waals surface area (Å²) in [5.41, 5.74) is -1.40. The molecule has 2 N–H and O–H groups in total. The highest BCUT2D eigenvalue weighted by molar-refractivity contribution is 5.71. The zero-order valence-corrected chi connectivity index (χ0v) is 18.2. The second kappa shape index (κ2) is 10.6. The van der Waals surface area contributed by atoms with Crippen molar-refractivity contribution in [1.29, 1.82) is 0 Å². The van der Waals surface area contributed by atoms with E-state index in [1.807, 2.05) is 0 Å². The molecule has 0 amide bonds. The maximum absolute atomic E-state index is 12.0. The first-order chi connectivity index (χ1) is 13.3. The lowest BCUT2D eigenvalue weighted by atomic mass is 9.98. The fourth-order valence-electron chi connectivity index (χ4n) is 2.67. The van der Waals surface area contributed by atoms with Crippen LogP contribution in [0.3, 0.4) is 0 Å². The number of hydrogen-bond donors (Lipinski definition) is 2. The van der Waals surface area contributed by atoms with Gasteiger partial charge < -0.3 is 38.6 Å². The first-order valence-corrected chi connectivity index (χ1v) is 9.41. The minimum atomic E-state index is -1.34. The Balaban J connectivity index is 2.87. The normalized spacial score (nSPS) is 28.1. The summed E-state index contributed by atoms with van der Waals surface area (Å²) in [6.07, 6.45) is -5.60. The van der Waals surface area contributed by atoms with Gasteiger partial charge in [-0.05, 0) is 41.5 Å². The Morgan fingerprint density at radius 1 is 0.897 bits per heavy atom. The number of esters is 2. The molecule has 0 bridgehead atoms. The van der Waals surface area contributed by atoms with Gasteiger partial charge >= 0.3 is 11.9 Å². The summed E-state index contributed by atoms with van der Waals surface area (Å²) >= 11 is 0. The molecule has 29 heavy (non-hydrogen) atoms. The van der Waals surface area contributed by atoms with Gasteiger partial charge in [0.25, 0.3) is 0 Å². The van der Waals surface area contributed by atoms with E-state index in [0.717, 1.165) is 0 Å². The van der Waals surface area contributed by atoms with Crippen molar-refractivity contribution in [2.24, 2.45) is 0 Å². The van der Waals surface area contributed by atoms with E-state index in [2.05, 4.69) is 0 Å². The average Bonchev–Trinajstić information content (AvgIpc) is 2.55. The van der Waals surface area contributed by atoms with E-state index in [0.29, 0.717) is 0 Å². The SMILES string of the molecule is CO[C@H]1O[C@H](CO)[C@@H](O)[C@H](OCC(=O)OC(C)(C)C)[C@H]1OCC(=O)OC(C)(C)C. The van der Waals surface area contributed by atoms with Crippen molar-refractivity contribution in [3.63, 3.8) is 0 Å². The predicted molar refractivity (Wildman–Crippen MR) is 99.9 cm³/mol. The molecule has 5 atom stereocenters. The molecular weight excluding hydrogens is 388 g/mol. The number of aliphatic hydroxyl groups excluding tert-OH is 2. The number of methoxy groups -OCH3 is 1. The minimum Gasteiger partial charge on any atom is -0.458 e. The van der Waals surface area contributed by atoms with Gasteiger partial charge in [-0.3, -0.25) is 0 Å². The van der Waals surface area contributed by atoms with Crippen LogP contribution in [0.4, 0.5) is 0 Å². The molecule has 10 heteroatoms. The zero-order valence-electron chi connectivity index (χ0n) is 18.2. The molecule has 1 aliphatic rings. The number of hydrogen-bond acceptors (Lipinski definition) is 10. The quantitative estimate of drug-likeness (QED) is 0.522. The van der Waals surface area contributed by atoms with Gasteiger partial charge in [0, 0.05) is 7.11 Å². The third-order valence-electron chi connectivity index (χ3n) is 3.66. The van der Waals surface area contributed by atoms with Crippen LogP contribution in [-0.2, 0) is 38.0 Å². The molecule has 0 aromatic carbocycles. The lowest BCUT2D eigenvalue weighted by Gasteiger charge is -2.43. The van der Waals surface area contributed by atoms with Crippen molar-refractivity contribution in [3.05, 3.63) is 0 Å². The molecule has 1 rings (SSSR count). The number of carbonyl (C=O) groups excluding carboxylic acids is 2. The third-order valence-corrected chi connectivity index (χ3v) is 3.66. The van der Waals surface area contributed by atoms with Crippen molar-refractivity contribution in [2.75, 3.05) is 26.9 Å². The van der Waals surface area contributed by atoms with E-state index < -0.39 is 73.7 Å². The molecule has 1 aliphatic heterocycles. The number of ether oxygens (including phenoxy) is 6. The Bertz CT molecular complexity index is 536. The molecule has 0 saturated carbocycles. The van der Waals surface area contributed by atoms with Crippen molar-refractivity contribution < 1.29 is 48.2 Å². The summed E-state index contributed by atoms with van der Waals surface area (Å²) in [5.74, 6) is -1.27. The molecule has 0 aliphatic carbocycles. The summed E-state index contributed by atoms with van der Waals surface area (Å²) in [6.45, 7) is 8.86. The van der Waals surface area contributed by atoms with Crippen LogP contribution < -0.4 is 0 Å². The fourth-order valence-corrected chi connectivity index (χ4v) is 2.67. The maximum Gasteiger partial charge on any atom is 0.332 e. The molecule has 1 fully saturated rings. The molecule has 10 nitrogen and oxygen atoms in total. The number of carbonyl (C=O) groups is 2. The third kappa shape index (κ3) is 8.93. The Morgan fingerprint density at radius 3 is 1.72 bits per heavy atom. The van der Waals surface area contributed by atoms with Crippen LogP contribution >= 0.6 is 0 Å². The summed E-state index contributed by atoms with van der Waals surface area (Å²) in [4.78, 5) is 24.0. The highest BCUT2D eigenvalue weighted by Crippen LogP contribution is 2.27. The maximum atomic E-state index is 12.0. The summed E-state index contributed by atoms with van der Waals surface area (Å²) in [5, 5.41) is 19.9. The second-order valence-electron chi connectivity index (χ2n) is 8.68. The average molecular weight is 422 g/mol. The van der Waals surface area contributed by atoms with E-state index in [1.54, 1.807) is 41.5 Å². The fraction of sp³-hybridized carbons (Fsp3) is 0.895. The van der Waals surface area contributed by atoms with Crippen molar-refractivity contribution in [1.82, 2.24) is 0 Å². The van der Waals surface area contributed by atoms with Crippen LogP contribution in [0.5, 0.6) is 0 Å². The van der Waals surface area contributed by atoms with Gasteiger partial charge in [-0.25, -0.2) is 9.59 Å². The summed E-state index contributed by atoms with van der Waals surface area (Å²) in [7, 11) is 1.34. The summed E-state index contributed by atoms with van der Waals surface area (Å²) < 4.78 is 32.2. The molecule has 1 saturated heterocycles. The molecule has 0 radical (unpaired) electrons. The smallest absolute Gasteiger partial charge is 0.332 e. The Morgan fingerprint density at radius 2 is 1.34 bits per heavy atom. The van der Waals surface area contributed by atoms with E-state index >= 15 is 0 Å². The van der Waals surface area contributed by atoms with E-state index in [9.17, 15) is 19.8 Å². The van der Waals surface area contributed by atoms with Crippen LogP contribution in [0.1, 0.15) is 41.5 Å². The number of rotatable bonds is 8. The number of aliphatic hydroxyl groups is 2. The zero-order chi connectivity index (χ0) is 22.4. The first kappa shape index (κ1) is 25.7. The van der Waals surface area contributed by atoms with E-state index in [-0.39, 0.29) is 0 Å².